The van der Waals surface area contributed by atoms with Crippen LogP contribution in [-0.4, -0.2) is 47.7 Å². The average Bonchev–Trinajstić information content (AvgIpc) is 2.63. The Kier molecular flexibility index (Phi) is 7.75. The number of hydrogen-bond donors (Lipinski definition) is 0. The van der Waals surface area contributed by atoms with E-state index in [4.69, 9.17) is 0 Å². The summed E-state index contributed by atoms with van der Waals surface area (Å²) in [7, 11) is 0. The van der Waals surface area contributed by atoms with Gasteiger partial charge in [0.1, 0.15) is 0 Å². The quantitative estimate of drug-likeness (QED) is 0.710. The maximum Gasteiger partial charge on any atom is 0.00918 e. The van der Waals surface area contributed by atoms with Crippen LogP contribution in [0, 0.1) is 5.92 Å². The molecule has 0 saturated carbocycles. The summed E-state index contributed by atoms with van der Waals surface area (Å²) in [6, 6.07) is 0.805. The molecule has 2 aliphatic rings. The summed E-state index contributed by atoms with van der Waals surface area (Å²) in [4.78, 5) is 2.79. The first-order chi connectivity index (χ1) is 9.79. The molecule has 0 amide bonds. The second kappa shape index (κ2) is 9.32. The van der Waals surface area contributed by atoms with Crippen molar-refractivity contribution in [3.8, 4) is 0 Å². The van der Waals surface area contributed by atoms with Gasteiger partial charge in [-0.1, -0.05) is 31.2 Å². The maximum atomic E-state index is 2.79. The highest BCUT2D eigenvalue weighted by Gasteiger charge is 2.22. The molecule has 2 aliphatic heterocycles. The lowest BCUT2D eigenvalue weighted by molar-refractivity contribution is 0.162. The minimum absolute atomic E-state index is 0.805. The summed E-state index contributed by atoms with van der Waals surface area (Å²) in [5.74, 6) is 0.965. The van der Waals surface area contributed by atoms with Gasteiger partial charge >= 0.3 is 0 Å². The molecule has 0 bridgehead atoms. The molecule has 0 aromatic heterocycles. The van der Waals surface area contributed by atoms with Crippen LogP contribution in [0.2, 0.25) is 0 Å². The Balaban J connectivity index is 1.75. The van der Waals surface area contributed by atoms with Crippen molar-refractivity contribution in [2.45, 2.75) is 70.8 Å². The van der Waals surface area contributed by atoms with E-state index in [1.165, 1.54) is 84.0 Å². The van der Waals surface area contributed by atoms with Gasteiger partial charge in [-0.25, -0.2) is 0 Å². The minimum atomic E-state index is 0.805. The molecule has 2 atom stereocenters. The summed E-state index contributed by atoms with van der Waals surface area (Å²) in [6.45, 7) is 7.79. The molecule has 3 heteroatoms. The molecular weight excluding hydrogens is 264 g/mol. The van der Waals surface area contributed by atoms with Crippen molar-refractivity contribution >= 4 is 11.9 Å². The van der Waals surface area contributed by atoms with E-state index in [0.29, 0.717) is 0 Å². The zero-order valence-corrected chi connectivity index (χ0v) is 14.5. The number of likely N-dealkylation sites (tertiary alicyclic amines) is 1. The maximum absolute atomic E-state index is 2.79. The molecule has 118 valence electrons. The fourth-order valence-corrected chi connectivity index (χ4v) is 4.50. The fraction of sp³-hybridized carbons (Fsp3) is 1.00. The highest BCUT2D eigenvalue weighted by Crippen LogP contribution is 2.26. The Morgan fingerprint density at radius 2 is 1.60 bits per heavy atom. The summed E-state index contributed by atoms with van der Waals surface area (Å²) < 4.78 is 2.56. The highest BCUT2D eigenvalue weighted by atomic mass is 32.2. The van der Waals surface area contributed by atoms with Crippen LogP contribution in [0.15, 0.2) is 0 Å². The van der Waals surface area contributed by atoms with Crippen LogP contribution in [0.1, 0.15) is 64.7 Å². The average molecular weight is 299 g/mol. The van der Waals surface area contributed by atoms with Crippen molar-refractivity contribution in [2.75, 3.05) is 32.4 Å². The van der Waals surface area contributed by atoms with Gasteiger partial charge in [-0.3, -0.25) is 4.31 Å². The summed E-state index contributed by atoms with van der Waals surface area (Å²) in [5, 5.41) is 0. The Morgan fingerprint density at radius 1 is 0.900 bits per heavy atom. The van der Waals surface area contributed by atoms with Crippen molar-refractivity contribution in [3.63, 3.8) is 0 Å². The number of rotatable bonds is 4. The van der Waals surface area contributed by atoms with Gasteiger partial charge in [0.15, 0.2) is 0 Å². The molecule has 0 spiro atoms. The lowest BCUT2D eigenvalue weighted by atomic mass is 9.92. The van der Waals surface area contributed by atoms with Crippen LogP contribution in [0.5, 0.6) is 0 Å². The topological polar surface area (TPSA) is 6.48 Å². The third kappa shape index (κ3) is 5.57. The van der Waals surface area contributed by atoms with Gasteiger partial charge < -0.3 is 4.90 Å². The van der Waals surface area contributed by atoms with Gasteiger partial charge in [-0.05, 0) is 70.7 Å². The van der Waals surface area contributed by atoms with Gasteiger partial charge in [0, 0.05) is 19.1 Å². The van der Waals surface area contributed by atoms with Crippen molar-refractivity contribution in [2.24, 2.45) is 5.92 Å². The number of nitrogens with zero attached hydrogens (tertiary/aromatic N) is 2. The summed E-state index contributed by atoms with van der Waals surface area (Å²) >= 11 is 1.94. The lowest BCUT2D eigenvalue weighted by Crippen LogP contribution is -2.37. The van der Waals surface area contributed by atoms with Crippen LogP contribution >= 0.6 is 11.9 Å². The first-order valence-corrected chi connectivity index (χ1v) is 10.0. The second-order valence-electron chi connectivity index (χ2n) is 6.80. The third-order valence-electron chi connectivity index (χ3n) is 5.25. The van der Waals surface area contributed by atoms with Gasteiger partial charge in [0.25, 0.3) is 0 Å². The highest BCUT2D eigenvalue weighted by molar-refractivity contribution is 7.96. The number of hydrogen-bond acceptors (Lipinski definition) is 3. The zero-order chi connectivity index (χ0) is 14.2. The SMILES string of the molecule is CSN1CCCC(CC(C)N2CCCCCCC2)CC1. The van der Waals surface area contributed by atoms with Crippen LogP contribution in [0.25, 0.3) is 0 Å². The molecule has 0 aromatic carbocycles. The zero-order valence-electron chi connectivity index (χ0n) is 13.6. The van der Waals surface area contributed by atoms with E-state index < -0.39 is 0 Å². The standard InChI is InChI=1S/C17H34N2S/c1-16(18-11-6-4-3-5-7-12-18)15-17-9-8-13-19(20-2)14-10-17/h16-17H,3-15H2,1-2H3. The van der Waals surface area contributed by atoms with E-state index >= 15 is 0 Å². The van der Waals surface area contributed by atoms with E-state index in [1.807, 2.05) is 11.9 Å². The minimum Gasteiger partial charge on any atom is -0.301 e. The molecule has 0 aromatic rings. The van der Waals surface area contributed by atoms with Crippen LogP contribution in [0.4, 0.5) is 0 Å². The summed E-state index contributed by atoms with van der Waals surface area (Å²) in [6.07, 6.45) is 15.2. The van der Waals surface area contributed by atoms with E-state index in [-0.39, 0.29) is 0 Å². The molecule has 0 radical (unpaired) electrons. The molecule has 2 saturated heterocycles. The lowest BCUT2D eigenvalue weighted by Gasteiger charge is -2.32. The van der Waals surface area contributed by atoms with E-state index in [9.17, 15) is 0 Å². The molecule has 20 heavy (non-hydrogen) atoms. The predicted octanol–water partition coefficient (Wildman–Crippen LogP) is 4.41. The van der Waals surface area contributed by atoms with Crippen molar-refractivity contribution in [1.29, 1.82) is 0 Å². The predicted molar refractivity (Wildman–Crippen MR) is 91.2 cm³/mol. The Hall–Kier alpha value is 0.270. The normalized spacial score (nSPS) is 29.4. The second-order valence-corrected chi connectivity index (χ2v) is 7.68. The Morgan fingerprint density at radius 3 is 2.30 bits per heavy atom. The Labute approximate surface area is 130 Å². The smallest absolute Gasteiger partial charge is 0.00918 e. The van der Waals surface area contributed by atoms with Gasteiger partial charge in [-0.2, -0.15) is 0 Å². The molecule has 2 nitrogen and oxygen atoms in total. The van der Waals surface area contributed by atoms with Crippen LogP contribution in [-0.2, 0) is 0 Å². The summed E-state index contributed by atoms with van der Waals surface area (Å²) in [5.41, 5.74) is 0. The van der Waals surface area contributed by atoms with Crippen LogP contribution < -0.4 is 0 Å². The molecular formula is C17H34N2S. The third-order valence-corrected chi connectivity index (χ3v) is 6.13. The molecule has 0 aliphatic carbocycles. The monoisotopic (exact) mass is 298 g/mol. The van der Waals surface area contributed by atoms with Gasteiger partial charge in [0.05, 0.1) is 0 Å². The molecule has 2 rings (SSSR count). The largest absolute Gasteiger partial charge is 0.301 e. The first-order valence-electron chi connectivity index (χ1n) is 8.82. The molecule has 2 unspecified atom stereocenters. The molecule has 2 heterocycles. The van der Waals surface area contributed by atoms with Gasteiger partial charge in [0.2, 0.25) is 0 Å². The first kappa shape index (κ1) is 16.6. The van der Waals surface area contributed by atoms with Crippen molar-refractivity contribution < 1.29 is 0 Å². The fourth-order valence-electron chi connectivity index (χ4n) is 3.90. The van der Waals surface area contributed by atoms with Crippen molar-refractivity contribution in [1.82, 2.24) is 9.21 Å². The molecule has 0 N–H and O–H groups in total. The molecule has 2 fully saturated rings. The Bertz CT molecular complexity index is 251. The van der Waals surface area contributed by atoms with E-state index in [1.54, 1.807) is 0 Å². The van der Waals surface area contributed by atoms with E-state index in [0.717, 1.165) is 12.0 Å². The van der Waals surface area contributed by atoms with E-state index in [2.05, 4.69) is 22.4 Å². The van der Waals surface area contributed by atoms with Crippen molar-refractivity contribution in [3.05, 3.63) is 0 Å². The van der Waals surface area contributed by atoms with Crippen LogP contribution in [0.3, 0.4) is 0 Å². The van der Waals surface area contributed by atoms with Gasteiger partial charge in [-0.15, -0.1) is 0 Å².